The molecule has 6 nitrogen and oxygen atoms in total. The molecule has 0 unspecified atom stereocenters. The van der Waals surface area contributed by atoms with Gasteiger partial charge in [-0.1, -0.05) is 19.9 Å². The lowest BCUT2D eigenvalue weighted by atomic mass is 9.97. The third-order valence-electron chi connectivity index (χ3n) is 4.39. The molecule has 26 heavy (non-hydrogen) atoms. The van der Waals surface area contributed by atoms with Crippen LogP contribution in [-0.4, -0.2) is 16.2 Å². The van der Waals surface area contributed by atoms with Gasteiger partial charge in [0.05, 0.1) is 16.7 Å². The van der Waals surface area contributed by atoms with Gasteiger partial charge in [0.2, 0.25) is 0 Å². The number of carbonyl (C=O) groups is 1. The molecule has 6 heteroatoms. The predicted octanol–water partition coefficient (Wildman–Crippen LogP) is 2.54. The first-order chi connectivity index (χ1) is 12.3. The molecule has 1 aliphatic heterocycles. The summed E-state index contributed by atoms with van der Waals surface area (Å²) >= 11 is 0. The van der Waals surface area contributed by atoms with Crippen LogP contribution in [0.4, 0.5) is 10.5 Å². The highest BCUT2D eigenvalue weighted by molar-refractivity contribution is 6.05. The molecule has 0 radical (unpaired) electrons. The zero-order valence-corrected chi connectivity index (χ0v) is 14.9. The Balaban J connectivity index is 2.16. The summed E-state index contributed by atoms with van der Waals surface area (Å²) in [4.78, 5) is 17.7. The van der Waals surface area contributed by atoms with Gasteiger partial charge in [-0.25, -0.2) is 4.79 Å². The van der Waals surface area contributed by atoms with Gasteiger partial charge < -0.3 is 15.9 Å². The van der Waals surface area contributed by atoms with Gasteiger partial charge in [0, 0.05) is 23.0 Å². The molecule has 0 bridgehead atoms. The van der Waals surface area contributed by atoms with Gasteiger partial charge in [0.1, 0.15) is 11.5 Å². The number of nitrogens with two attached hydrogens (primary N) is 1. The number of anilines is 1. The number of hydrogen-bond donors (Lipinski definition) is 3. The number of fused-ring (bicyclic) bond motifs is 1. The molecule has 4 N–H and O–H groups in total. The fraction of sp³-hybridized carbons (Fsp3) is 0.200. The van der Waals surface area contributed by atoms with Crippen LogP contribution in [0.15, 0.2) is 41.4 Å². The molecule has 134 valence electrons. The molecule has 0 spiro atoms. The van der Waals surface area contributed by atoms with E-state index in [4.69, 9.17) is 5.73 Å². The molecule has 2 amide bonds. The monoisotopic (exact) mass is 351 g/mol. The first-order valence-electron chi connectivity index (χ1n) is 8.33. The largest absolute Gasteiger partial charge is 0.508 e. The second-order valence-corrected chi connectivity index (χ2v) is 6.43. The molecule has 0 aromatic heterocycles. The van der Waals surface area contributed by atoms with Gasteiger partial charge in [-0.15, -0.1) is 0 Å². The Labute approximate surface area is 151 Å². The standard InChI is InChI=1S/C20H21N3O3/c1-4-17(15-8-14(11(2)3)18(24)9-19(15)25)23(20(21)26)13-5-6-16-12(7-13)10-22-16/h4-11,24-25H,1-3H3,(H2,21,26). The van der Waals surface area contributed by atoms with Gasteiger partial charge >= 0.3 is 6.03 Å². The van der Waals surface area contributed by atoms with E-state index in [0.29, 0.717) is 22.5 Å². The van der Waals surface area contributed by atoms with Crippen molar-refractivity contribution in [1.82, 2.24) is 0 Å². The van der Waals surface area contributed by atoms with Crippen LogP contribution >= 0.6 is 0 Å². The first kappa shape index (κ1) is 17.5. The fourth-order valence-electron chi connectivity index (χ4n) is 3.03. The van der Waals surface area contributed by atoms with E-state index in [1.54, 1.807) is 31.3 Å². The van der Waals surface area contributed by atoms with Crippen molar-refractivity contribution < 1.29 is 15.0 Å². The van der Waals surface area contributed by atoms with Crippen LogP contribution < -0.4 is 21.2 Å². The van der Waals surface area contributed by atoms with Crippen molar-refractivity contribution in [3.05, 3.63) is 58.1 Å². The summed E-state index contributed by atoms with van der Waals surface area (Å²) < 4.78 is 0. The Bertz CT molecular complexity index is 1040. The number of nitrogens with zero attached hydrogens (tertiary/aromatic N) is 2. The molecule has 0 saturated heterocycles. The number of aromatic hydroxyl groups is 2. The number of allylic oxidation sites excluding steroid dienone is 1. The highest BCUT2D eigenvalue weighted by Crippen LogP contribution is 2.37. The minimum absolute atomic E-state index is 0.0135. The average Bonchev–Trinajstić information content (AvgIpc) is 2.54. The highest BCUT2D eigenvalue weighted by atomic mass is 16.3. The van der Waals surface area contributed by atoms with Crippen molar-refractivity contribution in [1.29, 1.82) is 0 Å². The minimum atomic E-state index is -0.673. The molecule has 0 aliphatic carbocycles. The maximum atomic E-state index is 12.2. The number of benzene rings is 2. The third kappa shape index (κ3) is 2.90. The summed E-state index contributed by atoms with van der Waals surface area (Å²) in [7, 11) is 0. The number of hydrogen-bond acceptors (Lipinski definition) is 4. The number of amides is 2. The van der Waals surface area contributed by atoms with Crippen LogP contribution in [0, 0.1) is 0 Å². The molecule has 0 fully saturated rings. The van der Waals surface area contributed by atoms with E-state index in [9.17, 15) is 15.0 Å². The quantitative estimate of drug-likeness (QED) is 0.789. The summed E-state index contributed by atoms with van der Waals surface area (Å²) in [5.74, 6) is -0.0708. The maximum absolute atomic E-state index is 12.2. The van der Waals surface area contributed by atoms with Crippen LogP contribution in [-0.2, 0) is 0 Å². The second-order valence-electron chi connectivity index (χ2n) is 6.43. The lowest BCUT2D eigenvalue weighted by Gasteiger charge is -2.25. The molecular weight excluding hydrogens is 330 g/mol. The van der Waals surface area contributed by atoms with E-state index in [-0.39, 0.29) is 17.4 Å². The molecular formula is C20H21N3O3. The summed E-state index contributed by atoms with van der Waals surface area (Å²) in [5, 5.41) is 22.2. The van der Waals surface area contributed by atoms with Gasteiger partial charge in [-0.2, -0.15) is 0 Å². The van der Waals surface area contributed by atoms with Gasteiger partial charge in [-0.05, 0) is 42.7 Å². The number of urea groups is 1. The zero-order chi connectivity index (χ0) is 19.0. The first-order valence-corrected chi connectivity index (χ1v) is 8.33. The van der Waals surface area contributed by atoms with Crippen molar-refractivity contribution in [3.63, 3.8) is 0 Å². The molecule has 2 aromatic rings. The second kappa shape index (κ2) is 6.55. The van der Waals surface area contributed by atoms with Crippen molar-refractivity contribution in [2.24, 2.45) is 10.7 Å². The number of primary amides is 1. The highest BCUT2D eigenvalue weighted by Gasteiger charge is 2.23. The summed E-state index contributed by atoms with van der Waals surface area (Å²) in [6, 6.07) is 7.68. The number of carbonyl (C=O) groups excluding carboxylic acids is 1. The lowest BCUT2D eigenvalue weighted by Crippen LogP contribution is -2.37. The molecule has 2 aromatic carbocycles. The maximum Gasteiger partial charge on any atom is 0.323 e. The van der Waals surface area contributed by atoms with Crippen LogP contribution in [0.1, 0.15) is 37.8 Å². The Morgan fingerprint density at radius 1 is 1.19 bits per heavy atom. The van der Waals surface area contributed by atoms with Crippen molar-refractivity contribution in [2.75, 3.05) is 4.90 Å². The minimum Gasteiger partial charge on any atom is -0.508 e. The van der Waals surface area contributed by atoms with E-state index in [1.807, 2.05) is 26.0 Å². The fourth-order valence-corrected chi connectivity index (χ4v) is 3.03. The van der Waals surface area contributed by atoms with E-state index in [1.165, 1.54) is 11.0 Å². The van der Waals surface area contributed by atoms with Crippen LogP contribution in [0.25, 0.3) is 11.9 Å². The van der Waals surface area contributed by atoms with Gasteiger partial charge in [0.15, 0.2) is 0 Å². The van der Waals surface area contributed by atoms with Crippen molar-refractivity contribution in [2.45, 2.75) is 26.7 Å². The molecule has 0 atom stereocenters. The summed E-state index contributed by atoms with van der Waals surface area (Å²) in [6.45, 7) is 5.63. The van der Waals surface area contributed by atoms with E-state index < -0.39 is 6.03 Å². The average molecular weight is 351 g/mol. The number of phenols is 2. The van der Waals surface area contributed by atoms with Crippen molar-refractivity contribution in [3.8, 4) is 11.5 Å². The summed E-state index contributed by atoms with van der Waals surface area (Å²) in [5.41, 5.74) is 7.76. The lowest BCUT2D eigenvalue weighted by molar-refractivity contribution is 0.256. The number of rotatable bonds is 4. The Kier molecular flexibility index (Phi) is 4.42. The van der Waals surface area contributed by atoms with E-state index >= 15 is 0 Å². The molecule has 3 rings (SSSR count). The third-order valence-corrected chi connectivity index (χ3v) is 4.39. The zero-order valence-electron chi connectivity index (χ0n) is 14.9. The normalized spacial score (nSPS) is 12.7. The topological polar surface area (TPSA) is 99.1 Å². The smallest absolute Gasteiger partial charge is 0.323 e. The van der Waals surface area contributed by atoms with Crippen LogP contribution in [0.3, 0.4) is 0 Å². The van der Waals surface area contributed by atoms with Crippen LogP contribution in [0.2, 0.25) is 0 Å². The molecule has 0 saturated carbocycles. The van der Waals surface area contributed by atoms with E-state index in [0.717, 1.165) is 10.6 Å². The van der Waals surface area contributed by atoms with E-state index in [2.05, 4.69) is 4.99 Å². The van der Waals surface area contributed by atoms with Gasteiger partial charge in [-0.3, -0.25) is 9.89 Å². The van der Waals surface area contributed by atoms with Gasteiger partial charge in [0.25, 0.3) is 0 Å². The van der Waals surface area contributed by atoms with Crippen LogP contribution in [0.5, 0.6) is 11.5 Å². The molecule has 1 heterocycles. The molecule has 1 aliphatic rings. The Morgan fingerprint density at radius 3 is 2.42 bits per heavy atom. The Morgan fingerprint density at radius 2 is 1.92 bits per heavy atom. The SMILES string of the molecule is CC=C(c1cc(C(C)C)c(O)cc1O)N(C(N)=O)c1ccc2c(c1)=CN=2. The summed E-state index contributed by atoms with van der Waals surface area (Å²) in [6.07, 6.45) is 3.41. The van der Waals surface area contributed by atoms with Crippen molar-refractivity contribution >= 4 is 23.6 Å². The number of phenolic OH excluding ortho intramolecular Hbond substituents is 2. The Hall–Kier alpha value is -3.28. The predicted molar refractivity (Wildman–Crippen MR) is 101 cm³/mol.